The maximum Gasteiger partial charge on any atom is 0.240 e. The molecule has 1 aliphatic rings. The van der Waals surface area contributed by atoms with E-state index in [2.05, 4.69) is 4.72 Å². The van der Waals surface area contributed by atoms with Gasteiger partial charge in [-0.15, -0.1) is 0 Å². The molecule has 0 radical (unpaired) electrons. The van der Waals surface area contributed by atoms with Gasteiger partial charge in [0.15, 0.2) is 0 Å². The van der Waals surface area contributed by atoms with Crippen molar-refractivity contribution in [3.8, 4) is 0 Å². The summed E-state index contributed by atoms with van der Waals surface area (Å²) < 4.78 is 31.3. The van der Waals surface area contributed by atoms with E-state index >= 15 is 0 Å². The van der Waals surface area contributed by atoms with E-state index in [1.807, 2.05) is 11.9 Å². The molecule has 7 heteroatoms. The molecule has 0 aromatic heterocycles. The van der Waals surface area contributed by atoms with E-state index in [4.69, 9.17) is 10.5 Å². The zero-order valence-electron chi connectivity index (χ0n) is 12.5. The fourth-order valence-electron chi connectivity index (χ4n) is 2.02. The molecule has 21 heavy (non-hydrogen) atoms. The largest absolute Gasteiger partial charge is 0.397 e. The van der Waals surface area contributed by atoms with E-state index < -0.39 is 10.0 Å². The van der Waals surface area contributed by atoms with Crippen LogP contribution in [0.4, 0.5) is 11.4 Å². The summed E-state index contributed by atoms with van der Waals surface area (Å²) in [7, 11) is -0.167. The van der Waals surface area contributed by atoms with Gasteiger partial charge in [-0.05, 0) is 44.0 Å². The minimum atomic E-state index is -3.46. The molecule has 0 spiro atoms. The Bertz CT molecular complexity index is 585. The lowest BCUT2D eigenvalue weighted by atomic mass is 10.2. The molecule has 1 aromatic carbocycles. The summed E-state index contributed by atoms with van der Waals surface area (Å²) in [5.74, 6) is 0.756. The lowest BCUT2D eigenvalue weighted by molar-refractivity contribution is 0.131. The number of nitrogens with zero attached hydrogens (tertiary/aromatic N) is 1. The maximum absolute atomic E-state index is 11.7. The molecular formula is C14H23N3O3S. The molecule has 6 nitrogen and oxygen atoms in total. The minimum absolute atomic E-state index is 0.171. The van der Waals surface area contributed by atoms with Gasteiger partial charge < -0.3 is 15.4 Å². The van der Waals surface area contributed by atoms with Crippen LogP contribution in [0.15, 0.2) is 23.1 Å². The predicted octanol–water partition coefficient (Wildman–Crippen LogP) is 1.04. The second-order valence-electron chi connectivity index (χ2n) is 5.37. The van der Waals surface area contributed by atoms with Gasteiger partial charge in [0.05, 0.1) is 22.9 Å². The van der Waals surface area contributed by atoms with Crippen LogP contribution in [0.1, 0.15) is 12.8 Å². The van der Waals surface area contributed by atoms with E-state index in [0.717, 1.165) is 24.8 Å². The first kappa shape index (κ1) is 16.1. The Morgan fingerprint density at radius 2 is 2.14 bits per heavy atom. The number of likely N-dealkylation sites (N-methyl/N-ethyl adjacent to an activating group) is 1. The summed E-state index contributed by atoms with van der Waals surface area (Å²) in [6.45, 7) is 2.20. The van der Waals surface area contributed by atoms with Gasteiger partial charge in [-0.1, -0.05) is 0 Å². The standard InChI is InChI=1S/C14H23N3O3S/c1-16-21(18,19)12-5-6-14(13(15)9-12)17(2)7-8-20-10-11-3-4-11/h5-6,9,11,16H,3-4,7-8,10,15H2,1-2H3. The van der Waals surface area contributed by atoms with Crippen molar-refractivity contribution < 1.29 is 13.2 Å². The SMILES string of the molecule is CNS(=O)(=O)c1ccc(N(C)CCOCC2CC2)c(N)c1. The van der Waals surface area contributed by atoms with Crippen LogP contribution in [0.25, 0.3) is 0 Å². The van der Waals surface area contributed by atoms with Crippen LogP contribution < -0.4 is 15.4 Å². The highest BCUT2D eigenvalue weighted by atomic mass is 32.2. The smallest absolute Gasteiger partial charge is 0.240 e. The van der Waals surface area contributed by atoms with Gasteiger partial charge in [-0.2, -0.15) is 0 Å². The van der Waals surface area contributed by atoms with Crippen molar-refractivity contribution in [2.24, 2.45) is 5.92 Å². The lowest BCUT2D eigenvalue weighted by Crippen LogP contribution is -2.24. The van der Waals surface area contributed by atoms with E-state index in [-0.39, 0.29) is 4.90 Å². The first-order valence-electron chi connectivity index (χ1n) is 7.06. The molecule has 0 atom stereocenters. The van der Waals surface area contributed by atoms with Crippen molar-refractivity contribution >= 4 is 21.4 Å². The average molecular weight is 313 g/mol. The molecule has 2 rings (SSSR count). The number of benzene rings is 1. The molecule has 0 aliphatic heterocycles. The van der Waals surface area contributed by atoms with Crippen molar-refractivity contribution in [3.63, 3.8) is 0 Å². The fourth-order valence-corrected chi connectivity index (χ4v) is 2.79. The maximum atomic E-state index is 11.7. The van der Waals surface area contributed by atoms with Crippen molar-refractivity contribution in [2.75, 3.05) is 44.5 Å². The fraction of sp³-hybridized carbons (Fsp3) is 0.571. The van der Waals surface area contributed by atoms with Crippen LogP contribution in [0.5, 0.6) is 0 Å². The summed E-state index contributed by atoms with van der Waals surface area (Å²) in [6.07, 6.45) is 2.56. The highest BCUT2D eigenvalue weighted by Gasteiger charge is 2.21. The summed E-state index contributed by atoms with van der Waals surface area (Å²) in [5.41, 5.74) is 7.21. The Balaban J connectivity index is 1.95. The number of sulfonamides is 1. The molecule has 0 amide bonds. The highest BCUT2D eigenvalue weighted by Crippen LogP contribution is 2.29. The van der Waals surface area contributed by atoms with Gasteiger partial charge in [0.1, 0.15) is 0 Å². The van der Waals surface area contributed by atoms with Gasteiger partial charge in [0.2, 0.25) is 10.0 Å². The third-order valence-electron chi connectivity index (χ3n) is 3.61. The van der Waals surface area contributed by atoms with Crippen LogP contribution in [0.3, 0.4) is 0 Å². The van der Waals surface area contributed by atoms with Crippen molar-refractivity contribution in [1.29, 1.82) is 0 Å². The number of hydrogen-bond acceptors (Lipinski definition) is 5. The number of hydrogen-bond donors (Lipinski definition) is 2. The Kier molecular flexibility index (Phi) is 5.08. The van der Waals surface area contributed by atoms with Crippen LogP contribution in [0, 0.1) is 5.92 Å². The number of rotatable bonds is 8. The molecule has 0 saturated heterocycles. The third kappa shape index (κ3) is 4.33. The first-order chi connectivity index (χ1) is 9.94. The summed E-state index contributed by atoms with van der Waals surface area (Å²) in [5, 5.41) is 0. The summed E-state index contributed by atoms with van der Waals surface area (Å²) in [6, 6.07) is 4.75. The average Bonchev–Trinajstić information content (AvgIpc) is 3.27. The van der Waals surface area contributed by atoms with Crippen molar-refractivity contribution in [3.05, 3.63) is 18.2 Å². The zero-order chi connectivity index (χ0) is 15.5. The first-order valence-corrected chi connectivity index (χ1v) is 8.54. The van der Waals surface area contributed by atoms with Crippen LogP contribution >= 0.6 is 0 Å². The van der Waals surface area contributed by atoms with Crippen LogP contribution in [0.2, 0.25) is 0 Å². The molecule has 3 N–H and O–H groups in total. The third-order valence-corrected chi connectivity index (χ3v) is 5.02. The quantitative estimate of drug-likeness (QED) is 0.553. The summed E-state index contributed by atoms with van der Waals surface area (Å²) >= 11 is 0. The Hall–Kier alpha value is -1.31. The number of nitrogens with two attached hydrogens (primary N) is 1. The van der Waals surface area contributed by atoms with E-state index in [1.54, 1.807) is 12.1 Å². The lowest BCUT2D eigenvalue weighted by Gasteiger charge is -2.21. The molecular weight excluding hydrogens is 290 g/mol. The zero-order valence-corrected chi connectivity index (χ0v) is 13.3. The Labute approximate surface area is 126 Å². The van der Waals surface area contributed by atoms with Crippen LogP contribution in [-0.4, -0.2) is 42.3 Å². The monoisotopic (exact) mass is 313 g/mol. The van der Waals surface area contributed by atoms with Crippen molar-refractivity contribution in [2.45, 2.75) is 17.7 Å². The second-order valence-corrected chi connectivity index (χ2v) is 7.25. The molecule has 1 aromatic rings. The molecule has 0 heterocycles. The van der Waals surface area contributed by atoms with Crippen molar-refractivity contribution in [1.82, 2.24) is 4.72 Å². The molecule has 1 fully saturated rings. The second kappa shape index (κ2) is 6.64. The van der Waals surface area contributed by atoms with Gasteiger partial charge in [0.25, 0.3) is 0 Å². The Morgan fingerprint density at radius 3 is 2.71 bits per heavy atom. The van der Waals surface area contributed by atoms with Gasteiger partial charge in [-0.25, -0.2) is 13.1 Å². The van der Waals surface area contributed by atoms with Gasteiger partial charge in [-0.3, -0.25) is 0 Å². The Morgan fingerprint density at radius 1 is 1.43 bits per heavy atom. The molecule has 0 unspecified atom stereocenters. The molecule has 118 valence electrons. The normalized spacial score (nSPS) is 15.1. The van der Waals surface area contributed by atoms with E-state index in [0.29, 0.717) is 12.3 Å². The molecule has 0 bridgehead atoms. The van der Waals surface area contributed by atoms with Crippen LogP contribution in [-0.2, 0) is 14.8 Å². The van der Waals surface area contributed by atoms with Gasteiger partial charge >= 0.3 is 0 Å². The molecule has 1 aliphatic carbocycles. The predicted molar refractivity (Wildman–Crippen MR) is 83.9 cm³/mol. The van der Waals surface area contributed by atoms with Gasteiger partial charge in [0, 0.05) is 20.2 Å². The highest BCUT2D eigenvalue weighted by molar-refractivity contribution is 7.89. The topological polar surface area (TPSA) is 84.7 Å². The number of nitrogen functional groups attached to an aromatic ring is 1. The number of ether oxygens (including phenoxy) is 1. The van der Waals surface area contributed by atoms with E-state index in [1.165, 1.54) is 26.0 Å². The minimum Gasteiger partial charge on any atom is -0.397 e. The summed E-state index contributed by atoms with van der Waals surface area (Å²) in [4.78, 5) is 2.14. The number of nitrogens with one attached hydrogen (secondary N) is 1. The van der Waals surface area contributed by atoms with E-state index in [9.17, 15) is 8.42 Å². The molecule has 1 saturated carbocycles. The number of anilines is 2.